The van der Waals surface area contributed by atoms with E-state index in [9.17, 15) is 4.79 Å². The number of benzene rings is 1. The van der Waals surface area contributed by atoms with E-state index in [-0.39, 0.29) is 5.92 Å². The summed E-state index contributed by atoms with van der Waals surface area (Å²) >= 11 is 0. The second kappa shape index (κ2) is 5.95. The van der Waals surface area contributed by atoms with Crippen molar-refractivity contribution in [3.63, 3.8) is 0 Å². The lowest BCUT2D eigenvalue weighted by molar-refractivity contribution is 0.129. The number of carboxylic acid groups (broad SMARTS) is 1. The monoisotopic (exact) mass is 287 g/mol. The first kappa shape index (κ1) is 13.6. The van der Waals surface area contributed by atoms with Crippen LogP contribution in [0.2, 0.25) is 0 Å². The average Bonchev–Trinajstić information content (AvgIpc) is 2.97. The van der Waals surface area contributed by atoms with Gasteiger partial charge in [0.15, 0.2) is 0 Å². The Morgan fingerprint density at radius 3 is 2.62 bits per heavy atom. The summed E-state index contributed by atoms with van der Waals surface area (Å²) in [5.74, 6) is 1.40. The van der Waals surface area contributed by atoms with Crippen LogP contribution in [0.15, 0.2) is 34.7 Å². The van der Waals surface area contributed by atoms with Gasteiger partial charge in [-0.05, 0) is 18.4 Å². The van der Waals surface area contributed by atoms with Crippen LogP contribution in [0.1, 0.15) is 36.1 Å². The SMILES string of the molecule is O=C(O)N1CCC(c2nnc(Cc3ccccc3)o2)CC1. The van der Waals surface area contributed by atoms with Gasteiger partial charge in [0.1, 0.15) is 0 Å². The Kier molecular flexibility index (Phi) is 3.85. The third-order valence-corrected chi connectivity index (χ3v) is 3.80. The minimum absolute atomic E-state index is 0.164. The highest BCUT2D eigenvalue weighted by Crippen LogP contribution is 2.27. The average molecular weight is 287 g/mol. The van der Waals surface area contributed by atoms with Gasteiger partial charge in [-0.25, -0.2) is 4.79 Å². The third-order valence-electron chi connectivity index (χ3n) is 3.80. The fraction of sp³-hybridized carbons (Fsp3) is 0.400. The summed E-state index contributed by atoms with van der Waals surface area (Å²) < 4.78 is 5.73. The fourth-order valence-corrected chi connectivity index (χ4v) is 2.59. The number of hydrogen-bond acceptors (Lipinski definition) is 4. The van der Waals surface area contributed by atoms with Crippen LogP contribution in [0, 0.1) is 0 Å². The van der Waals surface area contributed by atoms with Crippen molar-refractivity contribution in [1.82, 2.24) is 15.1 Å². The van der Waals surface area contributed by atoms with Crippen molar-refractivity contribution in [2.24, 2.45) is 0 Å². The van der Waals surface area contributed by atoms with E-state index >= 15 is 0 Å². The normalized spacial score (nSPS) is 16.1. The molecule has 1 aliphatic heterocycles. The van der Waals surface area contributed by atoms with Crippen LogP contribution >= 0.6 is 0 Å². The van der Waals surface area contributed by atoms with E-state index in [1.54, 1.807) is 0 Å². The fourth-order valence-electron chi connectivity index (χ4n) is 2.59. The zero-order valence-corrected chi connectivity index (χ0v) is 11.6. The first-order valence-electron chi connectivity index (χ1n) is 7.06. The molecule has 0 atom stereocenters. The molecular formula is C15H17N3O3. The van der Waals surface area contributed by atoms with Crippen molar-refractivity contribution in [3.8, 4) is 0 Å². The summed E-state index contributed by atoms with van der Waals surface area (Å²) in [7, 11) is 0. The van der Waals surface area contributed by atoms with Crippen LogP contribution in [-0.2, 0) is 6.42 Å². The number of rotatable bonds is 3. The van der Waals surface area contributed by atoms with Gasteiger partial charge in [-0.1, -0.05) is 30.3 Å². The van der Waals surface area contributed by atoms with E-state index in [0.29, 0.717) is 31.3 Å². The van der Waals surface area contributed by atoms with Gasteiger partial charge in [0.25, 0.3) is 0 Å². The van der Waals surface area contributed by atoms with E-state index in [1.807, 2.05) is 30.3 Å². The molecule has 0 bridgehead atoms. The Morgan fingerprint density at radius 1 is 1.24 bits per heavy atom. The Morgan fingerprint density at radius 2 is 1.95 bits per heavy atom. The molecule has 1 fully saturated rings. The lowest BCUT2D eigenvalue weighted by Gasteiger charge is -2.27. The maximum atomic E-state index is 10.9. The smallest absolute Gasteiger partial charge is 0.407 e. The molecule has 0 spiro atoms. The minimum atomic E-state index is -0.858. The van der Waals surface area contributed by atoms with Crippen LogP contribution in [0.3, 0.4) is 0 Å². The summed E-state index contributed by atoms with van der Waals surface area (Å²) in [4.78, 5) is 12.3. The van der Waals surface area contributed by atoms with E-state index < -0.39 is 6.09 Å². The van der Waals surface area contributed by atoms with E-state index in [2.05, 4.69) is 10.2 Å². The van der Waals surface area contributed by atoms with Gasteiger partial charge >= 0.3 is 6.09 Å². The van der Waals surface area contributed by atoms with Crippen LogP contribution in [0.5, 0.6) is 0 Å². The molecule has 0 saturated carbocycles. The molecule has 1 N–H and O–H groups in total. The lowest BCUT2D eigenvalue weighted by atomic mass is 9.97. The lowest BCUT2D eigenvalue weighted by Crippen LogP contribution is -2.36. The summed E-state index contributed by atoms with van der Waals surface area (Å²) in [6, 6.07) is 9.98. The van der Waals surface area contributed by atoms with Crippen molar-refractivity contribution in [3.05, 3.63) is 47.7 Å². The van der Waals surface area contributed by atoms with E-state index in [0.717, 1.165) is 18.4 Å². The summed E-state index contributed by atoms with van der Waals surface area (Å²) in [5.41, 5.74) is 1.13. The number of carbonyl (C=O) groups is 1. The van der Waals surface area contributed by atoms with E-state index in [4.69, 9.17) is 9.52 Å². The van der Waals surface area contributed by atoms with Gasteiger partial charge in [0, 0.05) is 19.0 Å². The number of nitrogens with zero attached hydrogens (tertiary/aromatic N) is 3. The van der Waals surface area contributed by atoms with Crippen molar-refractivity contribution in [1.29, 1.82) is 0 Å². The predicted octanol–water partition coefficient (Wildman–Crippen LogP) is 2.52. The third kappa shape index (κ3) is 3.21. The van der Waals surface area contributed by atoms with Crippen LogP contribution in [-0.4, -0.2) is 39.4 Å². The molecule has 1 saturated heterocycles. The Bertz CT molecular complexity index is 604. The standard InChI is InChI=1S/C15H17N3O3/c19-15(20)18-8-6-12(7-9-18)14-17-16-13(21-14)10-11-4-2-1-3-5-11/h1-5,12H,6-10H2,(H,19,20). The van der Waals surface area contributed by atoms with Gasteiger partial charge in [-0.2, -0.15) is 0 Å². The molecule has 21 heavy (non-hydrogen) atoms. The molecule has 2 heterocycles. The van der Waals surface area contributed by atoms with Gasteiger partial charge in [0.05, 0.1) is 6.42 Å². The quantitative estimate of drug-likeness (QED) is 0.938. The zero-order valence-electron chi connectivity index (χ0n) is 11.6. The minimum Gasteiger partial charge on any atom is -0.465 e. The number of amides is 1. The molecule has 0 aliphatic carbocycles. The summed E-state index contributed by atoms with van der Waals surface area (Å²) in [6.07, 6.45) is 1.24. The molecule has 2 aromatic rings. The summed E-state index contributed by atoms with van der Waals surface area (Å²) in [6.45, 7) is 1.05. The summed E-state index contributed by atoms with van der Waals surface area (Å²) in [5, 5.41) is 17.2. The molecule has 6 nitrogen and oxygen atoms in total. The van der Waals surface area contributed by atoms with E-state index in [1.165, 1.54) is 4.90 Å². The van der Waals surface area contributed by atoms with Crippen LogP contribution in [0.25, 0.3) is 0 Å². The molecule has 1 amide bonds. The van der Waals surface area contributed by atoms with Crippen molar-refractivity contribution in [2.45, 2.75) is 25.2 Å². The molecule has 1 aromatic heterocycles. The predicted molar refractivity (Wildman–Crippen MR) is 75.1 cm³/mol. The van der Waals surface area contributed by atoms with Crippen LogP contribution < -0.4 is 0 Å². The number of hydrogen-bond donors (Lipinski definition) is 1. The maximum absolute atomic E-state index is 10.9. The Hall–Kier alpha value is -2.37. The second-order valence-corrected chi connectivity index (χ2v) is 5.24. The largest absolute Gasteiger partial charge is 0.465 e. The number of likely N-dealkylation sites (tertiary alicyclic amines) is 1. The van der Waals surface area contributed by atoms with Crippen molar-refractivity contribution in [2.75, 3.05) is 13.1 Å². The highest BCUT2D eigenvalue weighted by atomic mass is 16.4. The van der Waals surface area contributed by atoms with Gasteiger partial charge in [-0.3, -0.25) is 0 Å². The molecule has 3 rings (SSSR count). The molecule has 0 radical (unpaired) electrons. The first-order chi connectivity index (χ1) is 10.2. The molecule has 1 aliphatic rings. The number of aromatic nitrogens is 2. The molecule has 6 heteroatoms. The Labute approximate surface area is 122 Å². The van der Waals surface area contributed by atoms with Crippen molar-refractivity contribution < 1.29 is 14.3 Å². The molecular weight excluding hydrogens is 270 g/mol. The maximum Gasteiger partial charge on any atom is 0.407 e. The van der Waals surface area contributed by atoms with Crippen molar-refractivity contribution >= 4 is 6.09 Å². The Balaban J connectivity index is 1.62. The van der Waals surface area contributed by atoms with Gasteiger partial charge in [-0.15, -0.1) is 10.2 Å². The number of piperidine rings is 1. The molecule has 0 unspecified atom stereocenters. The molecule has 110 valence electrons. The topological polar surface area (TPSA) is 79.5 Å². The molecule has 1 aromatic carbocycles. The zero-order chi connectivity index (χ0) is 14.7. The van der Waals surface area contributed by atoms with Gasteiger partial charge < -0.3 is 14.4 Å². The highest BCUT2D eigenvalue weighted by molar-refractivity contribution is 5.65. The van der Waals surface area contributed by atoms with Gasteiger partial charge in [0.2, 0.25) is 11.8 Å². The highest BCUT2D eigenvalue weighted by Gasteiger charge is 2.27. The first-order valence-corrected chi connectivity index (χ1v) is 7.06. The second-order valence-electron chi connectivity index (χ2n) is 5.24. The van der Waals surface area contributed by atoms with Crippen LogP contribution in [0.4, 0.5) is 4.79 Å².